The average molecular weight is 223 g/mol. The maximum absolute atomic E-state index is 5.55. The Morgan fingerprint density at radius 2 is 2.20 bits per heavy atom. The van der Waals surface area contributed by atoms with Crippen LogP contribution in [0.3, 0.4) is 0 Å². The molecule has 0 heterocycles. The van der Waals surface area contributed by atoms with Gasteiger partial charge in [-0.2, -0.15) is 0 Å². The second-order valence-corrected chi connectivity index (χ2v) is 4.41. The van der Waals surface area contributed by atoms with Crippen molar-refractivity contribution in [3.63, 3.8) is 0 Å². The lowest BCUT2D eigenvalue weighted by Crippen LogP contribution is -2.10. The molecule has 0 aliphatic rings. The summed E-state index contributed by atoms with van der Waals surface area (Å²) in [5.41, 5.74) is 7.56. The topological polar surface area (TPSA) is 35.2 Å². The lowest BCUT2D eigenvalue weighted by molar-refractivity contribution is 0.0971. The lowest BCUT2D eigenvalue weighted by Gasteiger charge is -2.07. The third-order valence-corrected chi connectivity index (χ3v) is 2.17. The first-order valence-corrected chi connectivity index (χ1v) is 5.47. The van der Waals surface area contributed by atoms with Gasteiger partial charge in [0.2, 0.25) is 0 Å². The highest BCUT2D eigenvalue weighted by Crippen LogP contribution is 2.07. The van der Waals surface area contributed by atoms with Crippen LogP contribution in [0.4, 0.5) is 0 Å². The van der Waals surface area contributed by atoms with Gasteiger partial charge in [-0.05, 0) is 17.5 Å². The van der Waals surface area contributed by atoms with Crippen molar-refractivity contribution < 1.29 is 4.74 Å². The van der Waals surface area contributed by atoms with Crippen LogP contribution in [0.1, 0.15) is 25.0 Å². The molecule has 2 nitrogen and oxygen atoms in total. The zero-order chi connectivity index (χ0) is 11.3. The molecular weight excluding hydrogens is 206 g/mol. The van der Waals surface area contributed by atoms with Gasteiger partial charge in [0.1, 0.15) is 4.99 Å². The Bertz CT molecular complexity index is 336. The Labute approximate surface area is 96.4 Å². The third-order valence-electron chi connectivity index (χ3n) is 1.93. The van der Waals surface area contributed by atoms with Crippen LogP contribution in [-0.4, -0.2) is 11.6 Å². The molecule has 15 heavy (non-hydrogen) atoms. The second kappa shape index (κ2) is 5.83. The van der Waals surface area contributed by atoms with Crippen LogP contribution in [-0.2, 0) is 11.3 Å². The first-order chi connectivity index (χ1) is 7.09. The third kappa shape index (κ3) is 4.40. The van der Waals surface area contributed by atoms with Gasteiger partial charge in [-0.3, -0.25) is 0 Å². The van der Waals surface area contributed by atoms with E-state index < -0.39 is 0 Å². The zero-order valence-corrected chi connectivity index (χ0v) is 10.0. The molecule has 1 aromatic carbocycles. The Morgan fingerprint density at radius 1 is 1.47 bits per heavy atom. The molecule has 0 aromatic heterocycles. The Morgan fingerprint density at radius 3 is 2.80 bits per heavy atom. The minimum absolute atomic E-state index is 0.431. The van der Waals surface area contributed by atoms with E-state index >= 15 is 0 Å². The average Bonchev–Trinajstić information content (AvgIpc) is 2.17. The minimum Gasteiger partial charge on any atom is -0.389 e. The van der Waals surface area contributed by atoms with E-state index in [1.807, 2.05) is 24.3 Å². The van der Waals surface area contributed by atoms with Gasteiger partial charge in [0, 0.05) is 12.2 Å². The largest absolute Gasteiger partial charge is 0.389 e. The van der Waals surface area contributed by atoms with Gasteiger partial charge in [0.25, 0.3) is 0 Å². The number of rotatable bonds is 5. The SMILES string of the molecule is CC(C)COCc1cccc(C(N)=S)c1. The summed E-state index contributed by atoms with van der Waals surface area (Å²) in [6.07, 6.45) is 0. The minimum atomic E-state index is 0.431. The molecule has 0 saturated carbocycles. The van der Waals surface area contributed by atoms with Crippen LogP contribution >= 0.6 is 12.2 Å². The van der Waals surface area contributed by atoms with E-state index in [2.05, 4.69) is 13.8 Å². The van der Waals surface area contributed by atoms with Crippen LogP contribution in [0.25, 0.3) is 0 Å². The molecule has 0 amide bonds. The summed E-state index contributed by atoms with van der Waals surface area (Å²) < 4.78 is 5.53. The van der Waals surface area contributed by atoms with Gasteiger partial charge < -0.3 is 10.5 Å². The number of thiocarbonyl (C=S) groups is 1. The van der Waals surface area contributed by atoms with Crippen LogP contribution in [0, 0.1) is 5.92 Å². The van der Waals surface area contributed by atoms with Crippen molar-refractivity contribution in [2.45, 2.75) is 20.5 Å². The monoisotopic (exact) mass is 223 g/mol. The highest BCUT2D eigenvalue weighted by Gasteiger charge is 1.99. The van der Waals surface area contributed by atoms with Crippen LogP contribution in [0.5, 0.6) is 0 Å². The highest BCUT2D eigenvalue weighted by atomic mass is 32.1. The maximum Gasteiger partial charge on any atom is 0.103 e. The van der Waals surface area contributed by atoms with E-state index in [1.165, 1.54) is 0 Å². The van der Waals surface area contributed by atoms with Gasteiger partial charge >= 0.3 is 0 Å². The number of benzene rings is 1. The Balaban J connectivity index is 2.54. The van der Waals surface area contributed by atoms with Crippen molar-refractivity contribution >= 4 is 17.2 Å². The molecule has 1 aromatic rings. The predicted molar refractivity (Wildman–Crippen MR) is 66.8 cm³/mol. The molecule has 0 bridgehead atoms. The fourth-order valence-electron chi connectivity index (χ4n) is 1.23. The summed E-state index contributed by atoms with van der Waals surface area (Å²) in [5.74, 6) is 0.559. The molecule has 3 heteroatoms. The highest BCUT2D eigenvalue weighted by molar-refractivity contribution is 7.80. The van der Waals surface area contributed by atoms with Crippen LogP contribution in [0.15, 0.2) is 24.3 Å². The van der Waals surface area contributed by atoms with Gasteiger partial charge in [-0.15, -0.1) is 0 Å². The van der Waals surface area contributed by atoms with Crippen molar-refractivity contribution in [1.29, 1.82) is 0 Å². The predicted octanol–water partition coefficient (Wildman–Crippen LogP) is 2.49. The van der Waals surface area contributed by atoms with Gasteiger partial charge in [-0.1, -0.05) is 44.3 Å². The number of ether oxygens (including phenoxy) is 1. The van der Waals surface area contributed by atoms with Crippen molar-refractivity contribution in [1.82, 2.24) is 0 Å². The van der Waals surface area contributed by atoms with Crippen LogP contribution < -0.4 is 5.73 Å². The summed E-state index contributed by atoms with van der Waals surface area (Å²) in [5, 5.41) is 0. The number of nitrogens with two attached hydrogens (primary N) is 1. The Hall–Kier alpha value is -0.930. The van der Waals surface area contributed by atoms with E-state index in [0.29, 0.717) is 17.5 Å². The molecule has 0 atom stereocenters. The summed E-state index contributed by atoms with van der Waals surface area (Å²) in [6.45, 7) is 5.66. The van der Waals surface area contributed by atoms with Crippen molar-refractivity contribution in [2.24, 2.45) is 11.7 Å². The van der Waals surface area contributed by atoms with E-state index in [4.69, 9.17) is 22.7 Å². The Kier molecular flexibility index (Phi) is 4.72. The van der Waals surface area contributed by atoms with Gasteiger partial charge in [0.15, 0.2) is 0 Å². The molecule has 0 radical (unpaired) electrons. The quantitative estimate of drug-likeness (QED) is 0.779. The molecule has 0 unspecified atom stereocenters. The maximum atomic E-state index is 5.55. The zero-order valence-electron chi connectivity index (χ0n) is 9.19. The first kappa shape index (κ1) is 12.1. The number of hydrogen-bond acceptors (Lipinski definition) is 2. The summed E-state index contributed by atoms with van der Waals surface area (Å²) in [7, 11) is 0. The number of hydrogen-bond donors (Lipinski definition) is 1. The fraction of sp³-hybridized carbons (Fsp3) is 0.417. The summed E-state index contributed by atoms with van der Waals surface area (Å²) in [4.78, 5) is 0.431. The molecule has 1 rings (SSSR count). The van der Waals surface area contributed by atoms with Crippen molar-refractivity contribution in [3.05, 3.63) is 35.4 Å². The molecule has 0 fully saturated rings. The van der Waals surface area contributed by atoms with Crippen molar-refractivity contribution in [3.8, 4) is 0 Å². The lowest BCUT2D eigenvalue weighted by atomic mass is 10.1. The normalized spacial score (nSPS) is 10.6. The molecule has 0 spiro atoms. The molecular formula is C12H17NOS. The summed E-state index contributed by atoms with van der Waals surface area (Å²) in [6, 6.07) is 7.85. The van der Waals surface area contributed by atoms with E-state index in [-0.39, 0.29) is 0 Å². The first-order valence-electron chi connectivity index (χ1n) is 5.06. The molecule has 0 aliphatic heterocycles. The molecule has 2 N–H and O–H groups in total. The molecule has 0 aliphatic carbocycles. The fourth-order valence-corrected chi connectivity index (χ4v) is 1.35. The summed E-state index contributed by atoms with van der Waals surface area (Å²) >= 11 is 4.91. The van der Waals surface area contributed by atoms with E-state index in [0.717, 1.165) is 17.7 Å². The van der Waals surface area contributed by atoms with Crippen molar-refractivity contribution in [2.75, 3.05) is 6.61 Å². The second-order valence-electron chi connectivity index (χ2n) is 3.97. The van der Waals surface area contributed by atoms with Gasteiger partial charge in [0.05, 0.1) is 6.61 Å². The molecule has 82 valence electrons. The van der Waals surface area contributed by atoms with E-state index in [1.54, 1.807) is 0 Å². The molecule has 0 saturated heterocycles. The standard InChI is InChI=1S/C12H17NOS/c1-9(2)7-14-8-10-4-3-5-11(6-10)12(13)15/h3-6,9H,7-8H2,1-2H3,(H2,13,15). The van der Waals surface area contributed by atoms with E-state index in [9.17, 15) is 0 Å². The van der Waals surface area contributed by atoms with Gasteiger partial charge in [-0.25, -0.2) is 0 Å². The van der Waals surface area contributed by atoms with Crippen LogP contribution in [0.2, 0.25) is 0 Å². The smallest absolute Gasteiger partial charge is 0.103 e.